The van der Waals surface area contributed by atoms with Crippen molar-refractivity contribution >= 4 is 29.1 Å². The Morgan fingerprint density at radius 3 is 3.05 bits per heavy atom. The summed E-state index contributed by atoms with van der Waals surface area (Å²) in [6.07, 6.45) is 3.70. The number of aliphatic carboxylic acids is 1. The van der Waals surface area contributed by atoms with Gasteiger partial charge in [-0.1, -0.05) is 30.0 Å². The highest BCUT2D eigenvalue weighted by molar-refractivity contribution is 8.00. The molecule has 0 radical (unpaired) electrons. The number of hydrogen-bond donors (Lipinski definition) is 1. The summed E-state index contributed by atoms with van der Waals surface area (Å²) in [6, 6.07) is 6.75. The van der Waals surface area contributed by atoms with Gasteiger partial charge in [0.05, 0.1) is 12.1 Å². The van der Waals surface area contributed by atoms with Gasteiger partial charge in [0.25, 0.3) is 0 Å². The van der Waals surface area contributed by atoms with Gasteiger partial charge in [-0.15, -0.1) is 11.3 Å². The Hall–Kier alpha value is -1.33. The summed E-state index contributed by atoms with van der Waals surface area (Å²) >= 11 is 3.21. The van der Waals surface area contributed by atoms with Crippen LogP contribution in [0.1, 0.15) is 28.8 Å². The first-order valence-corrected chi connectivity index (χ1v) is 8.47. The lowest BCUT2D eigenvalue weighted by molar-refractivity contribution is -0.136. The van der Waals surface area contributed by atoms with Crippen molar-refractivity contribution in [3.63, 3.8) is 0 Å². The zero-order chi connectivity index (χ0) is 13.9. The standard InChI is InChI=1S/C15H15NO2S2/c17-14(18)7-13-9-20-15(16-13)19-8-10-4-5-11-2-1-3-12(11)6-10/h4-6,9H,1-3,7-8H2,(H,17,18). The fourth-order valence-electron chi connectivity index (χ4n) is 2.45. The Morgan fingerprint density at radius 2 is 2.20 bits per heavy atom. The maximum absolute atomic E-state index is 10.6. The predicted octanol–water partition coefficient (Wildman–Crippen LogP) is 3.55. The molecule has 20 heavy (non-hydrogen) atoms. The number of fused-ring (bicyclic) bond motifs is 1. The minimum atomic E-state index is -0.828. The van der Waals surface area contributed by atoms with Crippen molar-refractivity contribution < 1.29 is 9.90 Å². The Labute approximate surface area is 126 Å². The maximum Gasteiger partial charge on any atom is 0.309 e. The molecule has 1 aromatic carbocycles. The van der Waals surface area contributed by atoms with E-state index in [1.807, 2.05) is 5.38 Å². The van der Waals surface area contributed by atoms with Gasteiger partial charge in [-0.2, -0.15) is 0 Å². The molecule has 0 bridgehead atoms. The van der Waals surface area contributed by atoms with Gasteiger partial charge >= 0.3 is 5.97 Å². The molecule has 0 atom stereocenters. The Bertz CT molecular complexity index is 637. The summed E-state index contributed by atoms with van der Waals surface area (Å²) < 4.78 is 0.946. The quantitative estimate of drug-likeness (QED) is 0.858. The number of rotatable bonds is 5. The minimum absolute atomic E-state index is 0.00983. The first kappa shape index (κ1) is 13.6. The number of carboxylic acids is 1. The highest BCUT2D eigenvalue weighted by atomic mass is 32.2. The van der Waals surface area contributed by atoms with E-state index in [0.29, 0.717) is 5.69 Å². The lowest BCUT2D eigenvalue weighted by Crippen LogP contribution is -1.99. The second-order valence-corrected chi connectivity index (χ2v) is 7.00. The number of carbonyl (C=O) groups is 1. The summed E-state index contributed by atoms with van der Waals surface area (Å²) in [5.74, 6) is 0.0679. The molecule has 0 unspecified atom stereocenters. The average molecular weight is 305 g/mol. The molecule has 0 aliphatic heterocycles. The van der Waals surface area contributed by atoms with Crippen LogP contribution in [-0.4, -0.2) is 16.1 Å². The van der Waals surface area contributed by atoms with Crippen LogP contribution in [-0.2, 0) is 29.8 Å². The van der Waals surface area contributed by atoms with Crippen molar-refractivity contribution in [2.24, 2.45) is 0 Å². The Morgan fingerprint density at radius 1 is 1.35 bits per heavy atom. The molecule has 3 nitrogen and oxygen atoms in total. The van der Waals surface area contributed by atoms with Crippen LogP contribution in [0, 0.1) is 0 Å². The van der Waals surface area contributed by atoms with Gasteiger partial charge in [0, 0.05) is 11.1 Å². The molecule has 3 rings (SSSR count). The number of aryl methyl sites for hydroxylation is 2. The van der Waals surface area contributed by atoms with Crippen LogP contribution >= 0.6 is 23.1 Å². The molecule has 1 aromatic heterocycles. The molecule has 104 valence electrons. The summed E-state index contributed by atoms with van der Waals surface area (Å²) in [4.78, 5) is 15.0. The summed E-state index contributed by atoms with van der Waals surface area (Å²) in [6.45, 7) is 0. The van der Waals surface area contributed by atoms with E-state index in [0.717, 1.165) is 10.1 Å². The van der Waals surface area contributed by atoms with Crippen LogP contribution < -0.4 is 0 Å². The third-order valence-corrected chi connectivity index (χ3v) is 5.53. The fourth-order valence-corrected chi connectivity index (χ4v) is 4.24. The van der Waals surface area contributed by atoms with E-state index in [4.69, 9.17) is 5.11 Å². The zero-order valence-corrected chi connectivity index (χ0v) is 12.6. The van der Waals surface area contributed by atoms with E-state index in [-0.39, 0.29) is 6.42 Å². The first-order chi connectivity index (χ1) is 9.70. The fraction of sp³-hybridized carbons (Fsp3) is 0.333. The third-order valence-electron chi connectivity index (χ3n) is 3.39. The van der Waals surface area contributed by atoms with E-state index >= 15 is 0 Å². The Balaban J connectivity index is 1.61. The second kappa shape index (κ2) is 5.97. The van der Waals surface area contributed by atoms with Gasteiger partial charge in [-0.25, -0.2) is 4.98 Å². The molecule has 1 aliphatic carbocycles. The first-order valence-electron chi connectivity index (χ1n) is 6.60. The molecule has 0 spiro atoms. The normalized spacial score (nSPS) is 13.4. The summed E-state index contributed by atoms with van der Waals surface area (Å²) in [5, 5.41) is 10.6. The molecular formula is C15H15NO2S2. The molecule has 1 heterocycles. The van der Waals surface area contributed by atoms with E-state index in [9.17, 15) is 4.79 Å². The smallest absolute Gasteiger partial charge is 0.309 e. The van der Waals surface area contributed by atoms with Crippen LogP contribution in [0.4, 0.5) is 0 Å². The Kier molecular flexibility index (Phi) is 4.08. The molecule has 5 heteroatoms. The van der Waals surface area contributed by atoms with Crippen LogP contribution in [0.5, 0.6) is 0 Å². The van der Waals surface area contributed by atoms with Gasteiger partial charge in [0.1, 0.15) is 4.34 Å². The van der Waals surface area contributed by atoms with Crippen molar-refractivity contribution in [3.05, 3.63) is 46.0 Å². The van der Waals surface area contributed by atoms with Crippen LogP contribution in [0.3, 0.4) is 0 Å². The van der Waals surface area contributed by atoms with Crippen molar-refractivity contribution in [3.8, 4) is 0 Å². The molecule has 2 aromatic rings. The van der Waals surface area contributed by atoms with Crippen LogP contribution in [0.15, 0.2) is 27.9 Å². The number of nitrogens with zero attached hydrogens (tertiary/aromatic N) is 1. The van der Waals surface area contributed by atoms with E-state index in [1.165, 1.54) is 47.3 Å². The van der Waals surface area contributed by atoms with Gasteiger partial charge < -0.3 is 5.11 Å². The SMILES string of the molecule is O=C(O)Cc1csc(SCc2ccc3c(c2)CCC3)n1. The average Bonchev–Trinajstić information content (AvgIpc) is 3.03. The number of carboxylic acid groups (broad SMARTS) is 1. The van der Waals surface area contributed by atoms with Gasteiger partial charge in [0.2, 0.25) is 0 Å². The second-order valence-electron chi connectivity index (χ2n) is 4.92. The van der Waals surface area contributed by atoms with Gasteiger partial charge in [-0.3, -0.25) is 4.79 Å². The lowest BCUT2D eigenvalue weighted by Gasteiger charge is -2.03. The zero-order valence-electron chi connectivity index (χ0n) is 11.0. The van der Waals surface area contributed by atoms with Crippen molar-refractivity contribution in [2.75, 3.05) is 0 Å². The van der Waals surface area contributed by atoms with Crippen molar-refractivity contribution in [1.82, 2.24) is 4.98 Å². The minimum Gasteiger partial charge on any atom is -0.481 e. The number of aromatic nitrogens is 1. The molecular weight excluding hydrogens is 290 g/mol. The van der Waals surface area contributed by atoms with E-state index < -0.39 is 5.97 Å². The van der Waals surface area contributed by atoms with E-state index in [1.54, 1.807) is 11.8 Å². The number of thiazole rings is 1. The van der Waals surface area contributed by atoms with Crippen molar-refractivity contribution in [1.29, 1.82) is 0 Å². The monoisotopic (exact) mass is 305 g/mol. The van der Waals surface area contributed by atoms with Gasteiger partial charge in [-0.05, 0) is 36.0 Å². The molecule has 1 aliphatic rings. The molecule has 0 amide bonds. The predicted molar refractivity (Wildman–Crippen MR) is 81.5 cm³/mol. The molecule has 1 N–H and O–H groups in total. The van der Waals surface area contributed by atoms with E-state index in [2.05, 4.69) is 23.2 Å². The van der Waals surface area contributed by atoms with Crippen LogP contribution in [0.25, 0.3) is 0 Å². The van der Waals surface area contributed by atoms with Crippen LogP contribution in [0.2, 0.25) is 0 Å². The lowest BCUT2D eigenvalue weighted by atomic mass is 10.1. The molecule has 0 saturated carbocycles. The summed E-state index contributed by atoms with van der Waals surface area (Å²) in [5.41, 5.74) is 4.97. The van der Waals surface area contributed by atoms with Gasteiger partial charge in [0.15, 0.2) is 0 Å². The van der Waals surface area contributed by atoms with Crippen molar-refractivity contribution in [2.45, 2.75) is 35.8 Å². The molecule has 0 fully saturated rings. The largest absolute Gasteiger partial charge is 0.481 e. The maximum atomic E-state index is 10.6. The number of thioether (sulfide) groups is 1. The summed E-state index contributed by atoms with van der Waals surface area (Å²) in [7, 11) is 0. The third kappa shape index (κ3) is 3.22. The number of benzene rings is 1. The highest BCUT2D eigenvalue weighted by Gasteiger charge is 2.11. The molecule has 0 saturated heterocycles. The topological polar surface area (TPSA) is 50.2 Å². The number of hydrogen-bond acceptors (Lipinski definition) is 4. The highest BCUT2D eigenvalue weighted by Crippen LogP contribution is 2.29.